The average molecular weight is 375 g/mol. The van der Waals surface area contributed by atoms with Crippen LogP contribution in [0.4, 0.5) is 10.1 Å². The lowest BCUT2D eigenvalue weighted by Gasteiger charge is -2.37. The monoisotopic (exact) mass is 375 g/mol. The molecule has 1 saturated carbocycles. The summed E-state index contributed by atoms with van der Waals surface area (Å²) < 4.78 is 17.3. The van der Waals surface area contributed by atoms with E-state index >= 15 is 4.39 Å². The Morgan fingerprint density at radius 2 is 1.96 bits per heavy atom. The molecule has 0 radical (unpaired) electrons. The number of fused-ring (bicyclic) bond motifs is 1. The van der Waals surface area contributed by atoms with Crippen LogP contribution in [0.3, 0.4) is 0 Å². The predicted molar refractivity (Wildman–Crippen MR) is 104 cm³/mol. The van der Waals surface area contributed by atoms with E-state index < -0.39 is 17.1 Å². The maximum absolute atomic E-state index is 15.1. The average Bonchev–Trinajstić information content (AvgIpc) is 3.46. The second-order valence-electron chi connectivity index (χ2n) is 7.99. The van der Waals surface area contributed by atoms with Gasteiger partial charge in [-0.1, -0.05) is 0 Å². The van der Waals surface area contributed by atoms with Gasteiger partial charge in [0.2, 0.25) is 0 Å². The Balaban J connectivity index is 1.96. The van der Waals surface area contributed by atoms with Gasteiger partial charge in [0.25, 0.3) is 5.56 Å². The minimum absolute atomic E-state index is 0.0191. The lowest BCUT2D eigenvalue weighted by Crippen LogP contribution is -2.45. The largest absolute Gasteiger partial charge is 0.369 e. The van der Waals surface area contributed by atoms with Crippen molar-refractivity contribution in [2.45, 2.75) is 51.6 Å². The molecule has 7 nitrogen and oxygen atoms in total. The van der Waals surface area contributed by atoms with Gasteiger partial charge in [-0.15, -0.1) is 0 Å². The van der Waals surface area contributed by atoms with E-state index in [1.165, 1.54) is 6.07 Å². The third kappa shape index (κ3) is 2.82. The molecule has 146 valence electrons. The second-order valence-corrected chi connectivity index (χ2v) is 7.99. The Bertz CT molecular complexity index is 1020. The molecule has 0 spiro atoms. The molecule has 2 atom stereocenters. The van der Waals surface area contributed by atoms with E-state index in [4.69, 9.17) is 11.6 Å². The van der Waals surface area contributed by atoms with Crippen LogP contribution in [0.1, 0.15) is 44.2 Å². The van der Waals surface area contributed by atoms with E-state index in [9.17, 15) is 9.59 Å². The number of halogens is 1. The number of rotatable bonds is 3. The maximum Gasteiger partial charge on any atom is 0.350 e. The van der Waals surface area contributed by atoms with Crippen LogP contribution >= 0.6 is 0 Å². The molecule has 1 aliphatic carbocycles. The fourth-order valence-electron chi connectivity index (χ4n) is 4.36. The van der Waals surface area contributed by atoms with E-state index in [2.05, 4.69) is 0 Å². The Labute approximate surface area is 156 Å². The van der Waals surface area contributed by atoms with Crippen molar-refractivity contribution in [3.63, 3.8) is 0 Å². The molecule has 0 bridgehead atoms. The lowest BCUT2D eigenvalue weighted by atomic mass is 9.91. The molecule has 2 heterocycles. The van der Waals surface area contributed by atoms with Crippen LogP contribution in [-0.2, 0) is 0 Å². The zero-order valence-electron chi connectivity index (χ0n) is 15.7. The van der Waals surface area contributed by atoms with Gasteiger partial charge in [-0.25, -0.2) is 9.18 Å². The Hall–Kier alpha value is -2.35. The highest BCUT2D eigenvalue weighted by Crippen LogP contribution is 2.39. The molecule has 1 aliphatic heterocycles. The van der Waals surface area contributed by atoms with Gasteiger partial charge >= 0.3 is 5.69 Å². The van der Waals surface area contributed by atoms with Gasteiger partial charge < -0.3 is 16.5 Å². The van der Waals surface area contributed by atoms with Crippen molar-refractivity contribution in [2.24, 2.45) is 11.7 Å². The number of piperidine rings is 1. The van der Waals surface area contributed by atoms with E-state index in [0.717, 1.165) is 32.2 Å². The second kappa shape index (κ2) is 6.37. The molecule has 4 N–H and O–H groups in total. The molecule has 2 aliphatic rings. The first kappa shape index (κ1) is 18.0. The molecule has 8 heteroatoms. The summed E-state index contributed by atoms with van der Waals surface area (Å²) in [6.07, 6.45) is 3.67. The molecule has 0 amide bonds. The molecular formula is C19H26FN5O2. The Morgan fingerprint density at radius 3 is 2.59 bits per heavy atom. The normalized spacial score (nSPS) is 21.6. The summed E-state index contributed by atoms with van der Waals surface area (Å²) in [6, 6.07) is 1.29. The van der Waals surface area contributed by atoms with Crippen LogP contribution in [0.2, 0.25) is 0 Å². The first-order valence-corrected chi connectivity index (χ1v) is 9.57. The summed E-state index contributed by atoms with van der Waals surface area (Å²) >= 11 is 0. The summed E-state index contributed by atoms with van der Waals surface area (Å²) in [4.78, 5) is 27.1. The quantitative estimate of drug-likeness (QED) is 0.786. The highest BCUT2D eigenvalue weighted by atomic mass is 19.1. The minimum atomic E-state index is -0.660. The van der Waals surface area contributed by atoms with Gasteiger partial charge in [-0.3, -0.25) is 9.36 Å². The number of nitrogens with two attached hydrogens (primary N) is 2. The lowest BCUT2D eigenvalue weighted by molar-refractivity contribution is 0.362. The SMILES string of the molecule is Cc1c(N2CCCC(C(C)N)C2)c(F)cc2c(=O)n(N)c(=O)n(C3CC3)c12. The van der Waals surface area contributed by atoms with E-state index in [0.29, 0.717) is 28.0 Å². The highest BCUT2D eigenvalue weighted by molar-refractivity contribution is 5.87. The number of hydrogen-bond acceptors (Lipinski definition) is 5. The molecule has 2 aromatic rings. The molecule has 2 unspecified atom stereocenters. The summed E-state index contributed by atoms with van der Waals surface area (Å²) in [5.41, 5.74) is 6.48. The molecular weight excluding hydrogens is 349 g/mol. The van der Waals surface area contributed by atoms with E-state index in [-0.39, 0.29) is 23.4 Å². The topological polar surface area (TPSA) is 99.3 Å². The fourth-order valence-corrected chi connectivity index (χ4v) is 4.36. The van der Waals surface area contributed by atoms with E-state index in [1.54, 1.807) is 11.5 Å². The summed E-state index contributed by atoms with van der Waals surface area (Å²) in [5.74, 6) is 5.50. The molecule has 1 aromatic heterocycles. The van der Waals surface area contributed by atoms with Crippen molar-refractivity contribution in [1.29, 1.82) is 0 Å². The summed E-state index contributed by atoms with van der Waals surface area (Å²) in [5, 5.41) is 0.156. The Kier molecular flexibility index (Phi) is 4.25. The van der Waals surface area contributed by atoms with Gasteiger partial charge in [0.15, 0.2) is 0 Å². The summed E-state index contributed by atoms with van der Waals surface area (Å²) in [6.45, 7) is 5.16. The third-order valence-electron chi connectivity index (χ3n) is 5.99. The third-order valence-corrected chi connectivity index (χ3v) is 5.99. The van der Waals surface area contributed by atoms with Crippen LogP contribution in [0.15, 0.2) is 15.7 Å². The highest BCUT2D eigenvalue weighted by Gasteiger charge is 2.32. The van der Waals surface area contributed by atoms with Crippen LogP contribution in [0.5, 0.6) is 0 Å². The number of aromatic nitrogens is 2. The first-order valence-electron chi connectivity index (χ1n) is 9.57. The number of benzene rings is 1. The van der Waals surface area contributed by atoms with Gasteiger partial charge in [0, 0.05) is 30.7 Å². The molecule has 27 heavy (non-hydrogen) atoms. The zero-order valence-corrected chi connectivity index (χ0v) is 15.7. The van der Waals surface area contributed by atoms with E-state index in [1.807, 2.05) is 11.8 Å². The van der Waals surface area contributed by atoms with Crippen molar-refractivity contribution in [3.8, 4) is 0 Å². The van der Waals surface area contributed by atoms with Crippen LogP contribution in [0.25, 0.3) is 10.9 Å². The standard InChI is InChI=1S/C19H26FN5O2/c1-10-16-14(18(26)25(22)19(27)24(16)13-5-6-13)8-15(20)17(10)23-7-3-4-12(9-23)11(2)21/h8,11-13H,3-7,9,21-22H2,1-2H3. The number of nitrogens with zero attached hydrogens (tertiary/aromatic N) is 3. The van der Waals surface area contributed by atoms with Crippen molar-refractivity contribution < 1.29 is 4.39 Å². The minimum Gasteiger partial charge on any atom is -0.369 e. The smallest absolute Gasteiger partial charge is 0.350 e. The van der Waals surface area contributed by atoms with Crippen molar-refractivity contribution in [2.75, 3.05) is 23.8 Å². The van der Waals surface area contributed by atoms with Gasteiger partial charge in [-0.05, 0) is 51.5 Å². The zero-order chi connectivity index (χ0) is 19.5. The van der Waals surface area contributed by atoms with Gasteiger partial charge in [0.05, 0.1) is 16.6 Å². The fraction of sp³-hybridized carbons (Fsp3) is 0.579. The van der Waals surface area contributed by atoms with Crippen LogP contribution < -0.4 is 27.7 Å². The number of aryl methyl sites for hydroxylation is 1. The molecule has 1 aromatic carbocycles. The van der Waals surface area contributed by atoms with Crippen LogP contribution in [0, 0.1) is 18.7 Å². The number of hydrogen-bond donors (Lipinski definition) is 2. The number of nitrogen functional groups attached to an aromatic ring is 1. The predicted octanol–water partition coefficient (Wildman–Crippen LogP) is 1.22. The maximum atomic E-state index is 15.1. The first-order chi connectivity index (χ1) is 12.8. The van der Waals surface area contributed by atoms with Crippen molar-refractivity contribution in [3.05, 3.63) is 38.3 Å². The van der Waals surface area contributed by atoms with Crippen molar-refractivity contribution in [1.82, 2.24) is 9.24 Å². The van der Waals surface area contributed by atoms with Gasteiger partial charge in [0.1, 0.15) is 5.82 Å². The van der Waals surface area contributed by atoms with Gasteiger partial charge in [-0.2, -0.15) is 4.68 Å². The molecule has 1 saturated heterocycles. The van der Waals surface area contributed by atoms with Crippen molar-refractivity contribution >= 4 is 16.6 Å². The number of anilines is 1. The molecule has 4 rings (SSSR count). The molecule has 2 fully saturated rings. The Morgan fingerprint density at radius 1 is 1.26 bits per heavy atom. The summed E-state index contributed by atoms with van der Waals surface area (Å²) in [7, 11) is 0. The van der Waals surface area contributed by atoms with Crippen LogP contribution in [-0.4, -0.2) is 28.4 Å².